The van der Waals surface area contributed by atoms with Crippen molar-refractivity contribution in [2.24, 2.45) is 0 Å². The van der Waals surface area contributed by atoms with Gasteiger partial charge in [0.15, 0.2) is 11.5 Å². The number of fused-ring (bicyclic) bond motifs is 1. The molecule has 0 atom stereocenters. The summed E-state index contributed by atoms with van der Waals surface area (Å²) in [5.74, 6) is 1.47. The van der Waals surface area contributed by atoms with E-state index >= 15 is 0 Å². The van der Waals surface area contributed by atoms with Crippen molar-refractivity contribution in [3.63, 3.8) is 0 Å². The number of amides is 1. The van der Waals surface area contributed by atoms with Crippen molar-refractivity contribution in [2.75, 3.05) is 12.1 Å². The number of nitrogens with zero attached hydrogens (tertiary/aromatic N) is 2. The van der Waals surface area contributed by atoms with Crippen molar-refractivity contribution >= 4 is 34.9 Å². The second kappa shape index (κ2) is 6.90. The number of hydrogen-bond donors (Lipinski definition) is 1. The molecule has 0 bridgehead atoms. The Morgan fingerprint density at radius 2 is 1.96 bits per heavy atom. The number of carbonyl (C=O) groups is 1. The standard InChI is InChI=1S/C18H13Cl2N3O3/c19-13-3-1-12(14(20)8-13)9-23-17(5-6-21-23)22-18(24)11-2-4-15-16(7-11)26-10-25-15/h1-8H,9-10H2,(H,22,24). The largest absolute Gasteiger partial charge is 0.454 e. The predicted molar refractivity (Wildman–Crippen MR) is 98.3 cm³/mol. The second-order valence-corrected chi connectivity index (χ2v) is 6.48. The molecule has 1 aliphatic heterocycles. The van der Waals surface area contributed by atoms with Crippen molar-refractivity contribution in [1.29, 1.82) is 0 Å². The molecule has 0 spiro atoms. The number of halogens is 2. The number of hydrogen-bond acceptors (Lipinski definition) is 4. The highest BCUT2D eigenvalue weighted by Crippen LogP contribution is 2.32. The van der Waals surface area contributed by atoms with Gasteiger partial charge in [-0.25, -0.2) is 4.68 Å². The van der Waals surface area contributed by atoms with Crippen LogP contribution >= 0.6 is 23.2 Å². The minimum Gasteiger partial charge on any atom is -0.454 e. The highest BCUT2D eigenvalue weighted by molar-refractivity contribution is 6.35. The quantitative estimate of drug-likeness (QED) is 0.725. The van der Waals surface area contributed by atoms with E-state index in [1.165, 1.54) is 0 Å². The molecule has 2 aromatic carbocycles. The van der Waals surface area contributed by atoms with E-state index in [1.54, 1.807) is 47.3 Å². The number of anilines is 1. The van der Waals surface area contributed by atoms with Crippen LogP contribution in [0.5, 0.6) is 11.5 Å². The van der Waals surface area contributed by atoms with Crippen LogP contribution in [0.1, 0.15) is 15.9 Å². The minimum absolute atomic E-state index is 0.162. The zero-order valence-corrected chi connectivity index (χ0v) is 14.9. The SMILES string of the molecule is O=C(Nc1ccnn1Cc1ccc(Cl)cc1Cl)c1ccc2c(c1)OCO2. The first-order chi connectivity index (χ1) is 12.6. The van der Waals surface area contributed by atoms with Gasteiger partial charge in [0.2, 0.25) is 6.79 Å². The Kier molecular flexibility index (Phi) is 4.44. The lowest BCUT2D eigenvalue weighted by molar-refractivity contribution is 0.102. The molecule has 0 unspecified atom stereocenters. The summed E-state index contributed by atoms with van der Waals surface area (Å²) in [6.07, 6.45) is 1.61. The van der Waals surface area contributed by atoms with Crippen LogP contribution in [-0.4, -0.2) is 22.5 Å². The Labute approximate surface area is 159 Å². The summed E-state index contributed by atoms with van der Waals surface area (Å²) in [6, 6.07) is 12.0. The van der Waals surface area contributed by atoms with Crippen molar-refractivity contribution in [1.82, 2.24) is 9.78 Å². The fraction of sp³-hybridized carbons (Fsp3) is 0.111. The molecule has 2 heterocycles. The molecule has 6 nitrogen and oxygen atoms in total. The van der Waals surface area contributed by atoms with Gasteiger partial charge in [-0.1, -0.05) is 29.3 Å². The molecule has 1 aliphatic rings. The highest BCUT2D eigenvalue weighted by atomic mass is 35.5. The second-order valence-electron chi connectivity index (χ2n) is 5.63. The Morgan fingerprint density at radius 3 is 2.81 bits per heavy atom. The van der Waals surface area contributed by atoms with Crippen LogP contribution in [0, 0.1) is 0 Å². The maximum atomic E-state index is 12.5. The van der Waals surface area contributed by atoms with Gasteiger partial charge in [0.25, 0.3) is 5.91 Å². The smallest absolute Gasteiger partial charge is 0.256 e. The van der Waals surface area contributed by atoms with Crippen LogP contribution in [0.2, 0.25) is 10.0 Å². The third kappa shape index (κ3) is 3.34. The summed E-state index contributed by atoms with van der Waals surface area (Å²) in [7, 11) is 0. The molecule has 8 heteroatoms. The average Bonchev–Trinajstić information content (AvgIpc) is 3.26. The molecule has 0 aliphatic carbocycles. The molecular formula is C18H13Cl2N3O3. The zero-order chi connectivity index (χ0) is 18.1. The first-order valence-corrected chi connectivity index (χ1v) is 8.52. The number of ether oxygens (including phenoxy) is 2. The summed E-state index contributed by atoms with van der Waals surface area (Å²) in [5.41, 5.74) is 1.31. The molecule has 1 aromatic heterocycles. The van der Waals surface area contributed by atoms with E-state index in [2.05, 4.69) is 10.4 Å². The lowest BCUT2D eigenvalue weighted by atomic mass is 10.2. The molecule has 132 valence electrons. The van der Waals surface area contributed by atoms with E-state index in [4.69, 9.17) is 32.7 Å². The molecular weight excluding hydrogens is 377 g/mol. The van der Waals surface area contributed by atoms with Crippen molar-refractivity contribution in [3.05, 3.63) is 69.8 Å². The molecule has 0 fully saturated rings. The Bertz CT molecular complexity index is 988. The summed E-state index contributed by atoms with van der Waals surface area (Å²) < 4.78 is 12.2. The van der Waals surface area contributed by atoms with Gasteiger partial charge >= 0.3 is 0 Å². The monoisotopic (exact) mass is 389 g/mol. The number of carbonyl (C=O) groups excluding carboxylic acids is 1. The fourth-order valence-corrected chi connectivity index (χ4v) is 3.07. The predicted octanol–water partition coefficient (Wildman–Crippen LogP) is 4.22. The van der Waals surface area contributed by atoms with E-state index in [0.29, 0.717) is 39.5 Å². The maximum absolute atomic E-state index is 12.5. The summed E-state index contributed by atoms with van der Waals surface area (Å²) in [6.45, 7) is 0.564. The van der Waals surface area contributed by atoms with Gasteiger partial charge in [0, 0.05) is 21.7 Å². The third-order valence-corrected chi connectivity index (χ3v) is 4.52. The highest BCUT2D eigenvalue weighted by Gasteiger charge is 2.17. The normalized spacial score (nSPS) is 12.2. The van der Waals surface area contributed by atoms with Gasteiger partial charge in [-0.05, 0) is 35.9 Å². The fourth-order valence-electron chi connectivity index (χ4n) is 2.60. The summed E-state index contributed by atoms with van der Waals surface area (Å²) in [4.78, 5) is 12.5. The molecule has 0 radical (unpaired) electrons. The topological polar surface area (TPSA) is 65.4 Å². The molecule has 0 saturated carbocycles. The van der Waals surface area contributed by atoms with E-state index in [-0.39, 0.29) is 12.7 Å². The van der Waals surface area contributed by atoms with Gasteiger partial charge < -0.3 is 14.8 Å². The van der Waals surface area contributed by atoms with Crippen LogP contribution in [-0.2, 0) is 6.54 Å². The number of nitrogens with one attached hydrogen (secondary N) is 1. The van der Waals surface area contributed by atoms with E-state index in [1.807, 2.05) is 6.07 Å². The Balaban J connectivity index is 1.52. The first-order valence-electron chi connectivity index (χ1n) is 7.77. The maximum Gasteiger partial charge on any atom is 0.256 e. The Hall–Kier alpha value is -2.70. The average molecular weight is 390 g/mol. The zero-order valence-electron chi connectivity index (χ0n) is 13.4. The van der Waals surface area contributed by atoms with Crippen LogP contribution < -0.4 is 14.8 Å². The lowest BCUT2D eigenvalue weighted by Gasteiger charge is -2.11. The molecule has 1 amide bonds. The molecule has 0 saturated heterocycles. The van der Waals surface area contributed by atoms with E-state index in [9.17, 15) is 4.79 Å². The summed E-state index contributed by atoms with van der Waals surface area (Å²) >= 11 is 12.1. The Morgan fingerprint density at radius 1 is 1.12 bits per heavy atom. The molecule has 1 N–H and O–H groups in total. The van der Waals surface area contributed by atoms with E-state index < -0.39 is 0 Å². The minimum atomic E-state index is -0.271. The van der Waals surface area contributed by atoms with Crippen LogP contribution in [0.15, 0.2) is 48.7 Å². The molecule has 3 aromatic rings. The van der Waals surface area contributed by atoms with Gasteiger partial charge in [-0.3, -0.25) is 4.79 Å². The van der Waals surface area contributed by atoms with Gasteiger partial charge in [0.1, 0.15) is 5.82 Å². The van der Waals surface area contributed by atoms with Crippen molar-refractivity contribution in [2.45, 2.75) is 6.54 Å². The van der Waals surface area contributed by atoms with E-state index in [0.717, 1.165) is 5.56 Å². The van der Waals surface area contributed by atoms with Gasteiger partial charge in [-0.15, -0.1) is 0 Å². The molecule has 4 rings (SSSR count). The van der Waals surface area contributed by atoms with Gasteiger partial charge in [0.05, 0.1) is 12.7 Å². The summed E-state index contributed by atoms with van der Waals surface area (Å²) in [5, 5.41) is 8.20. The van der Waals surface area contributed by atoms with Crippen molar-refractivity contribution < 1.29 is 14.3 Å². The van der Waals surface area contributed by atoms with Gasteiger partial charge in [-0.2, -0.15) is 5.10 Å². The number of rotatable bonds is 4. The lowest BCUT2D eigenvalue weighted by Crippen LogP contribution is -2.16. The number of aromatic nitrogens is 2. The third-order valence-electron chi connectivity index (χ3n) is 3.93. The van der Waals surface area contributed by atoms with Crippen LogP contribution in [0.25, 0.3) is 0 Å². The molecule has 26 heavy (non-hydrogen) atoms. The van der Waals surface area contributed by atoms with Crippen LogP contribution in [0.3, 0.4) is 0 Å². The number of benzene rings is 2. The first kappa shape index (κ1) is 16.8. The van der Waals surface area contributed by atoms with Crippen molar-refractivity contribution in [3.8, 4) is 11.5 Å². The van der Waals surface area contributed by atoms with Crippen LogP contribution in [0.4, 0.5) is 5.82 Å².